The molecule has 0 bridgehead atoms. The molecule has 1 aliphatic heterocycles. The maximum Gasteiger partial charge on any atom is 2.00 e. The number of rotatable bonds is 0. The second-order valence-corrected chi connectivity index (χ2v) is 0.715. The van der Waals surface area contributed by atoms with E-state index in [2.05, 4.69) is 9.78 Å². The summed E-state index contributed by atoms with van der Waals surface area (Å²) in [6.45, 7) is 0. The van der Waals surface area contributed by atoms with E-state index < -0.39 is 6.16 Å². The first-order valence-electron chi connectivity index (χ1n) is 1.02. The molecule has 0 saturated carbocycles. The summed E-state index contributed by atoms with van der Waals surface area (Å²) in [5.41, 5.74) is 0. The fourth-order valence-corrected chi connectivity index (χ4v) is 0.0373. The molecule has 2 N–H and O–H groups in total. The number of hydrogen-bond acceptors (Lipinski definition) is 4. The van der Waals surface area contributed by atoms with Crippen LogP contribution in [-0.2, 0) is 9.78 Å². The van der Waals surface area contributed by atoms with Crippen molar-refractivity contribution in [3.05, 3.63) is 0 Å². The van der Waals surface area contributed by atoms with Crippen molar-refractivity contribution in [2.24, 2.45) is 0 Å². The second kappa shape index (κ2) is 7.33. The molecule has 4 nitrogen and oxygen atoms in total. The fourth-order valence-electron chi connectivity index (χ4n) is 0.0373. The second-order valence-electron chi connectivity index (χ2n) is 0.715. The van der Waals surface area contributed by atoms with Gasteiger partial charge in [0, 0.05) is 77.3 Å². The molecule has 0 amide bonds. The predicted octanol–water partition coefficient (Wildman–Crippen LogP) is -1.61. The van der Waals surface area contributed by atoms with E-state index >= 15 is 0 Å². The molecular formula is CH4CaCeLaO4. The third-order valence-electron chi connectivity index (χ3n) is 0.232. The molecule has 0 unspecified atom stereocenters. The molecule has 8 heavy (non-hydrogen) atoms. The van der Waals surface area contributed by atoms with Crippen LogP contribution in [0.25, 0.3) is 0 Å². The molecule has 41 valence electrons. The zero-order valence-electron chi connectivity index (χ0n) is 6.00. The normalized spacial score (nSPS) is 18.8. The van der Waals surface area contributed by atoms with Crippen LogP contribution in [0.4, 0.5) is 0 Å². The molecule has 0 aromatic heterocycles. The fraction of sp³-hybridized carbons (Fsp3) is 1.00. The van der Waals surface area contributed by atoms with E-state index in [1.807, 2.05) is 0 Å². The average Bonchev–Trinajstić information content (AvgIpc) is 1.76. The van der Waals surface area contributed by atoms with E-state index in [1.54, 1.807) is 0 Å². The van der Waals surface area contributed by atoms with Crippen LogP contribution >= 0.6 is 0 Å². The van der Waals surface area contributed by atoms with E-state index in [0.29, 0.717) is 0 Å². The minimum Gasteiger partial charge on any atom is -1.00 e. The maximum atomic E-state index is 7.74. The van der Waals surface area contributed by atoms with Gasteiger partial charge in [-0.1, -0.05) is 0 Å². The predicted molar refractivity (Wildman–Crippen MR) is 17.3 cm³/mol. The van der Waals surface area contributed by atoms with Crippen molar-refractivity contribution in [2.45, 2.75) is 6.16 Å². The van der Waals surface area contributed by atoms with Crippen LogP contribution in [0.5, 0.6) is 0 Å². The first-order chi connectivity index (χ1) is 2.21. The topological polar surface area (TPSA) is 65.5 Å². The molecule has 0 aromatic rings. The molecule has 1 fully saturated rings. The average molecular weight is 399 g/mol. The van der Waals surface area contributed by atoms with Crippen LogP contribution in [0.3, 0.4) is 0 Å². The van der Waals surface area contributed by atoms with Gasteiger partial charge >= 0.3 is 43.9 Å². The molecule has 1 saturated heterocycles. The molecule has 0 aliphatic carbocycles. The van der Waals surface area contributed by atoms with E-state index in [0.717, 1.165) is 0 Å². The first kappa shape index (κ1) is 17.7. The molecule has 0 atom stereocenters. The van der Waals surface area contributed by atoms with Crippen molar-refractivity contribution < 1.29 is 100 Å². The zero-order chi connectivity index (χ0) is 3.91. The Morgan fingerprint density at radius 3 is 1.38 bits per heavy atom. The molecule has 1 rings (SSSR count). The molecule has 7 heteroatoms. The van der Waals surface area contributed by atoms with Gasteiger partial charge in [-0.25, -0.2) is 0 Å². The van der Waals surface area contributed by atoms with Crippen LogP contribution in [0.15, 0.2) is 0 Å². The van der Waals surface area contributed by atoms with E-state index in [1.165, 1.54) is 0 Å². The maximum absolute atomic E-state index is 7.74. The summed E-state index contributed by atoms with van der Waals surface area (Å²) in [5, 5.41) is 15.5. The van der Waals surface area contributed by atoms with Crippen LogP contribution in [0, 0.1) is 77.3 Å². The summed E-state index contributed by atoms with van der Waals surface area (Å²) < 4.78 is 0. The largest absolute Gasteiger partial charge is 2.00 e. The van der Waals surface area contributed by atoms with Gasteiger partial charge < -0.3 is 13.1 Å². The Hall–Kier alpha value is 3.67. The Bertz CT molecular complexity index is 61.2. The molecule has 1 aliphatic rings. The Kier molecular flexibility index (Phi) is 16.2. The number of hydrogen-bond donors (Lipinski definition) is 2. The van der Waals surface area contributed by atoms with Crippen molar-refractivity contribution >= 4 is 37.7 Å². The SMILES string of the molecule is OC1(O)OO1.[Ca+2].[Ce].[H-].[H-].[La]. The monoisotopic (exact) mass is 399 g/mol. The third-order valence-corrected chi connectivity index (χ3v) is 0.232. The van der Waals surface area contributed by atoms with Gasteiger partial charge in [-0.15, -0.1) is 9.78 Å². The van der Waals surface area contributed by atoms with Gasteiger partial charge in [0.2, 0.25) is 0 Å². The first-order valence-corrected chi connectivity index (χ1v) is 1.02. The molecular weight excluding hydrogens is 395 g/mol. The Balaban J connectivity index is -0.0000000167. The van der Waals surface area contributed by atoms with Crippen molar-refractivity contribution in [3.63, 3.8) is 0 Å². The van der Waals surface area contributed by atoms with Crippen LogP contribution in [-0.4, -0.2) is 54.1 Å². The van der Waals surface area contributed by atoms with Crippen molar-refractivity contribution in [1.29, 1.82) is 0 Å². The summed E-state index contributed by atoms with van der Waals surface area (Å²) >= 11 is 0. The zero-order valence-corrected chi connectivity index (χ0v) is 13.0. The quantitative estimate of drug-likeness (QED) is 0.223. The van der Waals surface area contributed by atoms with Crippen LogP contribution in [0.1, 0.15) is 2.85 Å². The Morgan fingerprint density at radius 1 is 1.25 bits per heavy atom. The standard InChI is InChI=1S/CH2O4.Ca.Ce.La.2H/c2-1(3)4-5-1;;;;;/h2-3H;;;;;/q;+2;;;2*-1. The molecule has 0 aromatic carbocycles. The molecule has 0 spiro atoms. The van der Waals surface area contributed by atoms with Gasteiger partial charge in [0.15, 0.2) is 0 Å². The van der Waals surface area contributed by atoms with Crippen molar-refractivity contribution in [2.75, 3.05) is 0 Å². The van der Waals surface area contributed by atoms with E-state index in [-0.39, 0.29) is 118 Å². The summed E-state index contributed by atoms with van der Waals surface area (Å²) in [6, 6.07) is 0. The van der Waals surface area contributed by atoms with Gasteiger partial charge in [-0.05, 0) is 0 Å². The van der Waals surface area contributed by atoms with Crippen molar-refractivity contribution in [1.82, 2.24) is 0 Å². The third kappa shape index (κ3) is 9.67. The molecule has 1 radical (unpaired) electrons. The minimum atomic E-state index is -2.25. The summed E-state index contributed by atoms with van der Waals surface area (Å²) in [6.07, 6.45) is -2.25. The van der Waals surface area contributed by atoms with Gasteiger partial charge in [0.25, 0.3) is 0 Å². The Morgan fingerprint density at radius 2 is 1.38 bits per heavy atom. The van der Waals surface area contributed by atoms with E-state index in [9.17, 15) is 0 Å². The number of aliphatic hydroxyl groups is 2. The van der Waals surface area contributed by atoms with Crippen LogP contribution in [0.2, 0.25) is 0 Å². The summed E-state index contributed by atoms with van der Waals surface area (Å²) in [5.74, 6) is 0. The smallest absolute Gasteiger partial charge is 1.00 e. The van der Waals surface area contributed by atoms with Crippen LogP contribution < -0.4 is 0 Å². The van der Waals surface area contributed by atoms with Gasteiger partial charge in [-0.3, -0.25) is 0 Å². The van der Waals surface area contributed by atoms with Gasteiger partial charge in [-0.2, -0.15) is 0 Å². The minimum absolute atomic E-state index is 0. The summed E-state index contributed by atoms with van der Waals surface area (Å²) in [7, 11) is 0. The Labute approximate surface area is 141 Å². The van der Waals surface area contributed by atoms with E-state index in [4.69, 9.17) is 10.2 Å². The van der Waals surface area contributed by atoms with Crippen molar-refractivity contribution in [3.8, 4) is 0 Å². The molecule has 1 heterocycles. The van der Waals surface area contributed by atoms with Gasteiger partial charge in [0.05, 0.1) is 0 Å². The summed E-state index contributed by atoms with van der Waals surface area (Å²) in [4.78, 5) is 7.01. The van der Waals surface area contributed by atoms with Gasteiger partial charge in [0.1, 0.15) is 0 Å².